The molecule has 1 fully saturated rings. The van der Waals surface area contributed by atoms with E-state index in [-0.39, 0.29) is 0 Å². The predicted octanol–water partition coefficient (Wildman–Crippen LogP) is 2.92. The summed E-state index contributed by atoms with van der Waals surface area (Å²) in [6.07, 6.45) is 1.70. The summed E-state index contributed by atoms with van der Waals surface area (Å²) < 4.78 is 0. The Bertz CT molecular complexity index is 589. The van der Waals surface area contributed by atoms with E-state index in [1.807, 2.05) is 0 Å². The lowest BCUT2D eigenvalue weighted by atomic mass is 10.1. The van der Waals surface area contributed by atoms with Crippen LogP contribution in [0.3, 0.4) is 0 Å². The van der Waals surface area contributed by atoms with Crippen molar-refractivity contribution in [1.29, 1.82) is 0 Å². The Kier molecular flexibility index (Phi) is 4.68. The first-order chi connectivity index (χ1) is 10.7. The normalized spacial score (nSPS) is 16.2. The molecule has 0 radical (unpaired) electrons. The molecular weight excluding hydrogens is 272 g/mol. The van der Waals surface area contributed by atoms with Crippen molar-refractivity contribution in [1.82, 2.24) is 14.9 Å². The minimum absolute atomic E-state index is 0.445. The summed E-state index contributed by atoms with van der Waals surface area (Å²) in [6, 6.07) is 12.8. The van der Waals surface area contributed by atoms with E-state index in [1.54, 1.807) is 6.33 Å². The van der Waals surface area contributed by atoms with Gasteiger partial charge in [0.15, 0.2) is 0 Å². The molecule has 0 unspecified atom stereocenters. The molecule has 1 aliphatic heterocycles. The van der Waals surface area contributed by atoms with Gasteiger partial charge in [-0.2, -0.15) is 0 Å². The maximum Gasteiger partial charge on any atom is 0.132 e. The van der Waals surface area contributed by atoms with Gasteiger partial charge in [-0.1, -0.05) is 44.2 Å². The minimum atomic E-state index is 0.445. The Morgan fingerprint density at radius 2 is 1.73 bits per heavy atom. The van der Waals surface area contributed by atoms with Crippen molar-refractivity contribution >= 4 is 5.82 Å². The number of aromatic nitrogens is 2. The lowest BCUT2D eigenvalue weighted by Gasteiger charge is -2.35. The molecule has 1 aliphatic rings. The Balaban J connectivity index is 1.58. The van der Waals surface area contributed by atoms with Crippen LogP contribution in [0.1, 0.15) is 31.0 Å². The molecular formula is C18H24N4. The summed E-state index contributed by atoms with van der Waals surface area (Å²) in [4.78, 5) is 13.7. The van der Waals surface area contributed by atoms with Crippen LogP contribution in [0.5, 0.6) is 0 Å². The zero-order chi connectivity index (χ0) is 15.4. The van der Waals surface area contributed by atoms with Crippen LogP contribution in [0.2, 0.25) is 0 Å². The van der Waals surface area contributed by atoms with Crippen molar-refractivity contribution in [3.05, 3.63) is 54.0 Å². The lowest BCUT2D eigenvalue weighted by molar-refractivity contribution is 0.249. The van der Waals surface area contributed by atoms with E-state index < -0.39 is 0 Å². The Morgan fingerprint density at radius 3 is 2.41 bits per heavy atom. The minimum Gasteiger partial charge on any atom is -0.354 e. The van der Waals surface area contributed by atoms with Gasteiger partial charge < -0.3 is 4.90 Å². The number of benzene rings is 1. The molecule has 2 aromatic rings. The van der Waals surface area contributed by atoms with Crippen LogP contribution in [0.4, 0.5) is 5.82 Å². The highest BCUT2D eigenvalue weighted by molar-refractivity contribution is 5.40. The van der Waals surface area contributed by atoms with Gasteiger partial charge in [0.2, 0.25) is 0 Å². The highest BCUT2D eigenvalue weighted by atomic mass is 15.3. The molecule has 22 heavy (non-hydrogen) atoms. The third-order valence-electron chi connectivity index (χ3n) is 4.21. The average Bonchev–Trinajstić information content (AvgIpc) is 2.56. The summed E-state index contributed by atoms with van der Waals surface area (Å²) in [5.74, 6) is 1.51. The quantitative estimate of drug-likeness (QED) is 0.868. The molecule has 4 heteroatoms. The zero-order valence-corrected chi connectivity index (χ0v) is 13.4. The zero-order valence-electron chi connectivity index (χ0n) is 13.4. The number of hydrogen-bond acceptors (Lipinski definition) is 4. The summed E-state index contributed by atoms with van der Waals surface area (Å²) in [7, 11) is 0. The van der Waals surface area contributed by atoms with Crippen LogP contribution in [0.15, 0.2) is 42.7 Å². The topological polar surface area (TPSA) is 32.3 Å². The average molecular weight is 296 g/mol. The second-order valence-electron chi connectivity index (χ2n) is 6.20. The molecule has 2 heterocycles. The molecule has 3 rings (SSSR count). The fraction of sp³-hybridized carbons (Fsp3) is 0.444. The molecule has 1 aromatic heterocycles. The number of hydrogen-bond donors (Lipinski definition) is 0. The highest BCUT2D eigenvalue weighted by Crippen LogP contribution is 2.19. The summed E-state index contributed by atoms with van der Waals surface area (Å²) in [6.45, 7) is 9.60. The van der Waals surface area contributed by atoms with E-state index in [0.29, 0.717) is 5.92 Å². The van der Waals surface area contributed by atoms with Crippen molar-refractivity contribution in [3.8, 4) is 0 Å². The van der Waals surface area contributed by atoms with Gasteiger partial charge in [-0.25, -0.2) is 9.97 Å². The second kappa shape index (κ2) is 6.88. The van der Waals surface area contributed by atoms with Crippen LogP contribution in [-0.4, -0.2) is 41.0 Å². The van der Waals surface area contributed by atoms with Crippen molar-refractivity contribution < 1.29 is 0 Å². The summed E-state index contributed by atoms with van der Waals surface area (Å²) in [5.41, 5.74) is 2.51. The summed E-state index contributed by atoms with van der Waals surface area (Å²) >= 11 is 0. The second-order valence-corrected chi connectivity index (χ2v) is 6.20. The van der Waals surface area contributed by atoms with Gasteiger partial charge in [-0.3, -0.25) is 4.90 Å². The third kappa shape index (κ3) is 3.63. The molecule has 4 nitrogen and oxygen atoms in total. The maximum atomic E-state index is 4.45. The van der Waals surface area contributed by atoms with E-state index >= 15 is 0 Å². The van der Waals surface area contributed by atoms with Crippen LogP contribution in [0.25, 0.3) is 0 Å². The van der Waals surface area contributed by atoms with E-state index in [4.69, 9.17) is 0 Å². The first-order valence-corrected chi connectivity index (χ1v) is 8.05. The van der Waals surface area contributed by atoms with E-state index in [9.17, 15) is 0 Å². The van der Waals surface area contributed by atoms with Crippen LogP contribution < -0.4 is 4.90 Å². The predicted molar refractivity (Wildman–Crippen MR) is 90.1 cm³/mol. The van der Waals surface area contributed by atoms with Gasteiger partial charge in [-0.05, 0) is 11.5 Å². The molecule has 0 aliphatic carbocycles. The first kappa shape index (κ1) is 15.0. The van der Waals surface area contributed by atoms with E-state index in [1.165, 1.54) is 5.56 Å². The van der Waals surface area contributed by atoms with Crippen molar-refractivity contribution in [2.75, 3.05) is 31.1 Å². The molecule has 0 spiro atoms. The Labute approximate surface area is 132 Å². The summed E-state index contributed by atoms with van der Waals surface area (Å²) in [5, 5.41) is 0. The van der Waals surface area contributed by atoms with Gasteiger partial charge in [0.05, 0.1) is 0 Å². The smallest absolute Gasteiger partial charge is 0.132 e. The van der Waals surface area contributed by atoms with Gasteiger partial charge in [0, 0.05) is 44.5 Å². The van der Waals surface area contributed by atoms with E-state index in [0.717, 1.165) is 44.2 Å². The van der Waals surface area contributed by atoms with Gasteiger partial charge >= 0.3 is 0 Å². The third-order valence-corrected chi connectivity index (χ3v) is 4.21. The standard InChI is InChI=1S/C18H24N4/c1-15(2)17-12-18(20-14-19-17)22-10-8-21(9-11-22)13-16-6-4-3-5-7-16/h3-7,12,14-15H,8-11,13H2,1-2H3. The monoisotopic (exact) mass is 296 g/mol. The molecule has 0 saturated carbocycles. The molecule has 0 amide bonds. The van der Waals surface area contributed by atoms with Gasteiger partial charge in [0.1, 0.15) is 12.1 Å². The van der Waals surface area contributed by atoms with E-state index in [2.05, 4.69) is 70.0 Å². The molecule has 1 aromatic carbocycles. The van der Waals surface area contributed by atoms with Crippen molar-refractivity contribution in [2.45, 2.75) is 26.3 Å². The highest BCUT2D eigenvalue weighted by Gasteiger charge is 2.18. The Hall–Kier alpha value is -1.94. The van der Waals surface area contributed by atoms with Crippen LogP contribution in [-0.2, 0) is 6.54 Å². The largest absolute Gasteiger partial charge is 0.354 e. The molecule has 0 bridgehead atoms. The number of anilines is 1. The molecule has 0 atom stereocenters. The fourth-order valence-electron chi connectivity index (χ4n) is 2.83. The maximum absolute atomic E-state index is 4.45. The van der Waals surface area contributed by atoms with Crippen molar-refractivity contribution in [3.63, 3.8) is 0 Å². The Morgan fingerprint density at radius 1 is 1.00 bits per heavy atom. The molecule has 0 N–H and O–H groups in total. The van der Waals surface area contributed by atoms with Crippen molar-refractivity contribution in [2.24, 2.45) is 0 Å². The van der Waals surface area contributed by atoms with Crippen LogP contribution in [0, 0.1) is 0 Å². The van der Waals surface area contributed by atoms with Gasteiger partial charge in [0.25, 0.3) is 0 Å². The fourth-order valence-corrected chi connectivity index (χ4v) is 2.83. The van der Waals surface area contributed by atoms with Gasteiger partial charge in [-0.15, -0.1) is 0 Å². The lowest BCUT2D eigenvalue weighted by Crippen LogP contribution is -2.46. The number of piperazine rings is 1. The van der Waals surface area contributed by atoms with Crippen LogP contribution >= 0.6 is 0 Å². The SMILES string of the molecule is CC(C)c1cc(N2CCN(Cc3ccccc3)CC2)ncn1. The molecule has 1 saturated heterocycles. The number of nitrogens with zero attached hydrogens (tertiary/aromatic N) is 4. The number of rotatable bonds is 4. The molecule has 116 valence electrons. The first-order valence-electron chi connectivity index (χ1n) is 8.05.